The molecule has 0 aromatic carbocycles. The van der Waals surface area contributed by atoms with Gasteiger partial charge in [0.1, 0.15) is 6.33 Å². The van der Waals surface area contributed by atoms with E-state index in [0.717, 1.165) is 10.7 Å². The summed E-state index contributed by atoms with van der Waals surface area (Å²) >= 11 is 1.57. The van der Waals surface area contributed by atoms with Crippen LogP contribution in [0.15, 0.2) is 17.9 Å². The Morgan fingerprint density at radius 2 is 2.27 bits per heavy atom. The molecule has 6 heteroatoms. The molecule has 78 valence electrons. The van der Waals surface area contributed by atoms with E-state index in [9.17, 15) is 0 Å². The molecule has 0 saturated heterocycles. The fourth-order valence-corrected chi connectivity index (χ4v) is 1.88. The third kappa shape index (κ3) is 2.04. The molecule has 2 rings (SSSR count). The van der Waals surface area contributed by atoms with Crippen LogP contribution in [0.25, 0.3) is 0 Å². The first kappa shape index (κ1) is 9.85. The van der Waals surface area contributed by atoms with Gasteiger partial charge in [0, 0.05) is 18.0 Å². The number of nitrogen functional groups attached to an aromatic ring is 1. The molecule has 0 aliphatic carbocycles. The summed E-state index contributed by atoms with van der Waals surface area (Å²) in [6.07, 6.45) is 3.81. The van der Waals surface area contributed by atoms with Gasteiger partial charge in [0.25, 0.3) is 0 Å². The number of anilines is 1. The Hall–Kier alpha value is -1.69. The van der Waals surface area contributed by atoms with Gasteiger partial charge in [0.15, 0.2) is 11.6 Å². The second-order valence-electron chi connectivity index (χ2n) is 2.84. The number of hydrogen-bond donors (Lipinski definition) is 1. The van der Waals surface area contributed by atoms with Gasteiger partial charge in [-0.05, 0) is 0 Å². The molecule has 0 bridgehead atoms. The van der Waals surface area contributed by atoms with E-state index < -0.39 is 0 Å². The normalized spacial score (nSPS) is 10.2. The van der Waals surface area contributed by atoms with Crippen LogP contribution in [-0.2, 0) is 6.42 Å². The average Bonchev–Trinajstić information content (AvgIpc) is 2.71. The molecule has 2 aromatic rings. The van der Waals surface area contributed by atoms with Crippen LogP contribution in [0, 0.1) is 0 Å². The quantitative estimate of drug-likeness (QED) is 0.842. The van der Waals surface area contributed by atoms with Gasteiger partial charge in [-0.2, -0.15) is 0 Å². The number of nitrogens with two attached hydrogens (primary N) is 1. The van der Waals surface area contributed by atoms with E-state index in [1.165, 1.54) is 6.33 Å². The van der Waals surface area contributed by atoms with Gasteiger partial charge in [-0.25, -0.2) is 15.0 Å². The number of aromatic nitrogens is 3. The zero-order valence-electron chi connectivity index (χ0n) is 8.17. The van der Waals surface area contributed by atoms with Crippen molar-refractivity contribution in [2.45, 2.75) is 6.42 Å². The van der Waals surface area contributed by atoms with Gasteiger partial charge in [-0.3, -0.25) is 0 Å². The minimum atomic E-state index is 0.360. The van der Waals surface area contributed by atoms with Crippen molar-refractivity contribution >= 4 is 17.2 Å². The molecule has 0 unspecified atom stereocenters. The van der Waals surface area contributed by atoms with Crippen LogP contribution in [0.5, 0.6) is 5.75 Å². The van der Waals surface area contributed by atoms with Gasteiger partial charge >= 0.3 is 0 Å². The topological polar surface area (TPSA) is 73.9 Å². The summed E-state index contributed by atoms with van der Waals surface area (Å²) in [7, 11) is 1.56. The molecule has 0 radical (unpaired) electrons. The molecule has 2 N–H and O–H groups in total. The van der Waals surface area contributed by atoms with E-state index in [4.69, 9.17) is 10.5 Å². The highest BCUT2D eigenvalue weighted by molar-refractivity contribution is 7.09. The lowest BCUT2D eigenvalue weighted by Crippen LogP contribution is -2.03. The maximum Gasteiger partial charge on any atom is 0.182 e. The number of methoxy groups -OCH3 is 1. The number of rotatable bonds is 3. The Labute approximate surface area is 91.0 Å². The Kier molecular flexibility index (Phi) is 2.77. The molecular weight excluding hydrogens is 212 g/mol. The molecule has 0 aliphatic heterocycles. The van der Waals surface area contributed by atoms with E-state index in [0.29, 0.717) is 18.0 Å². The van der Waals surface area contributed by atoms with Gasteiger partial charge < -0.3 is 10.5 Å². The van der Waals surface area contributed by atoms with Crippen LogP contribution in [0.2, 0.25) is 0 Å². The van der Waals surface area contributed by atoms with Crippen molar-refractivity contribution in [3.8, 4) is 5.75 Å². The second kappa shape index (κ2) is 4.22. The maximum absolute atomic E-state index is 5.67. The SMILES string of the molecule is COc1c(N)ncnc1Cc1nccs1. The predicted octanol–water partition coefficient (Wildman–Crippen LogP) is 1.11. The van der Waals surface area contributed by atoms with E-state index in [1.54, 1.807) is 24.6 Å². The minimum absolute atomic E-state index is 0.360. The zero-order chi connectivity index (χ0) is 10.7. The van der Waals surface area contributed by atoms with E-state index in [1.807, 2.05) is 5.38 Å². The van der Waals surface area contributed by atoms with Crippen LogP contribution >= 0.6 is 11.3 Å². The molecule has 5 nitrogen and oxygen atoms in total. The van der Waals surface area contributed by atoms with Crippen molar-refractivity contribution in [2.24, 2.45) is 0 Å². The largest absolute Gasteiger partial charge is 0.491 e. The second-order valence-corrected chi connectivity index (χ2v) is 3.82. The number of thiazole rings is 1. The monoisotopic (exact) mass is 222 g/mol. The van der Waals surface area contributed by atoms with E-state index >= 15 is 0 Å². The Balaban J connectivity index is 2.32. The summed E-state index contributed by atoms with van der Waals surface area (Å²) in [5, 5.41) is 2.90. The summed E-state index contributed by atoms with van der Waals surface area (Å²) < 4.78 is 5.15. The van der Waals surface area contributed by atoms with Gasteiger partial charge in [-0.1, -0.05) is 0 Å². The van der Waals surface area contributed by atoms with Crippen molar-refractivity contribution in [3.63, 3.8) is 0 Å². The highest BCUT2D eigenvalue weighted by Gasteiger charge is 2.10. The summed E-state index contributed by atoms with van der Waals surface area (Å²) in [6.45, 7) is 0. The third-order valence-electron chi connectivity index (χ3n) is 1.91. The predicted molar refractivity (Wildman–Crippen MR) is 57.9 cm³/mol. The first-order valence-electron chi connectivity index (χ1n) is 4.33. The summed E-state index contributed by atoms with van der Waals surface area (Å²) in [4.78, 5) is 12.2. The van der Waals surface area contributed by atoms with Gasteiger partial charge in [0.05, 0.1) is 17.8 Å². The van der Waals surface area contributed by atoms with Crippen molar-refractivity contribution in [2.75, 3.05) is 12.8 Å². The summed E-state index contributed by atoms with van der Waals surface area (Å²) in [5.74, 6) is 0.895. The Morgan fingerprint density at radius 1 is 1.40 bits per heavy atom. The fraction of sp³-hybridized carbons (Fsp3) is 0.222. The summed E-state index contributed by atoms with van der Waals surface area (Å²) in [5.41, 5.74) is 6.43. The molecule has 2 aromatic heterocycles. The van der Waals surface area contributed by atoms with E-state index in [2.05, 4.69) is 15.0 Å². The highest BCUT2D eigenvalue weighted by Crippen LogP contribution is 2.24. The average molecular weight is 222 g/mol. The molecule has 0 aliphatic rings. The number of ether oxygens (including phenoxy) is 1. The lowest BCUT2D eigenvalue weighted by Gasteiger charge is -2.07. The molecular formula is C9H10N4OS. The van der Waals surface area contributed by atoms with Crippen molar-refractivity contribution in [1.82, 2.24) is 15.0 Å². The van der Waals surface area contributed by atoms with Crippen LogP contribution in [0.1, 0.15) is 10.7 Å². The first-order valence-corrected chi connectivity index (χ1v) is 5.21. The number of nitrogens with zero attached hydrogens (tertiary/aromatic N) is 3. The fourth-order valence-electron chi connectivity index (χ4n) is 1.26. The summed E-state index contributed by atoms with van der Waals surface area (Å²) in [6, 6.07) is 0. The molecule has 0 saturated carbocycles. The number of hydrogen-bond acceptors (Lipinski definition) is 6. The maximum atomic E-state index is 5.67. The third-order valence-corrected chi connectivity index (χ3v) is 2.69. The van der Waals surface area contributed by atoms with Gasteiger partial charge in [-0.15, -0.1) is 11.3 Å². The molecule has 0 atom stereocenters. The molecule has 0 spiro atoms. The van der Waals surface area contributed by atoms with Crippen LogP contribution in [0.4, 0.5) is 5.82 Å². The van der Waals surface area contributed by atoms with Crippen LogP contribution in [-0.4, -0.2) is 22.1 Å². The van der Waals surface area contributed by atoms with Crippen molar-refractivity contribution < 1.29 is 4.74 Å². The zero-order valence-corrected chi connectivity index (χ0v) is 8.99. The smallest absolute Gasteiger partial charge is 0.182 e. The van der Waals surface area contributed by atoms with Crippen LogP contribution in [0.3, 0.4) is 0 Å². The molecule has 0 amide bonds. The van der Waals surface area contributed by atoms with Crippen molar-refractivity contribution in [1.29, 1.82) is 0 Å². The minimum Gasteiger partial charge on any atom is -0.491 e. The van der Waals surface area contributed by atoms with E-state index in [-0.39, 0.29) is 0 Å². The van der Waals surface area contributed by atoms with Gasteiger partial charge in [0.2, 0.25) is 0 Å². The Morgan fingerprint density at radius 3 is 2.93 bits per heavy atom. The Bertz CT molecular complexity index is 443. The molecule has 15 heavy (non-hydrogen) atoms. The molecule has 0 fully saturated rings. The lowest BCUT2D eigenvalue weighted by molar-refractivity contribution is 0.408. The highest BCUT2D eigenvalue weighted by atomic mass is 32.1. The first-order chi connectivity index (χ1) is 7.31. The van der Waals surface area contributed by atoms with Crippen molar-refractivity contribution in [3.05, 3.63) is 28.6 Å². The standard InChI is InChI=1S/C9H10N4OS/c1-14-8-6(12-5-13-9(8)10)4-7-11-2-3-15-7/h2-3,5H,4H2,1H3,(H2,10,12,13). The molecule has 2 heterocycles. The van der Waals surface area contributed by atoms with Crippen LogP contribution < -0.4 is 10.5 Å². The lowest BCUT2D eigenvalue weighted by atomic mass is 10.3.